The van der Waals surface area contributed by atoms with Crippen molar-refractivity contribution in [2.45, 2.75) is 19.4 Å². The van der Waals surface area contributed by atoms with Crippen LogP contribution in [0.2, 0.25) is 0 Å². The number of nitrogens with two attached hydrogens (primary N) is 1. The van der Waals surface area contributed by atoms with Gasteiger partial charge in [0.05, 0.1) is 11.4 Å². The fraction of sp³-hybridized carbons (Fsp3) is 0.200. The Morgan fingerprint density at radius 1 is 0.963 bits per heavy atom. The van der Waals surface area contributed by atoms with Crippen molar-refractivity contribution in [2.24, 2.45) is 0 Å². The zero-order valence-corrected chi connectivity index (χ0v) is 15.3. The normalized spacial score (nSPS) is 12.2. The molecule has 0 aliphatic carbocycles. The van der Waals surface area contributed by atoms with Gasteiger partial charge in [-0.05, 0) is 22.8 Å². The zero-order valence-electron chi connectivity index (χ0n) is 15.3. The molecule has 0 saturated carbocycles. The predicted octanol–water partition coefficient (Wildman–Crippen LogP) is 3.76. The molecule has 2 aromatic carbocycles. The molecule has 0 bridgehead atoms. The first kappa shape index (κ1) is 17.0. The monoisotopic (exact) mass is 359 g/mol. The number of rotatable bonds is 5. The third-order valence-corrected chi connectivity index (χ3v) is 4.62. The minimum absolute atomic E-state index is 0.0542. The molecule has 4 aromatic rings. The molecule has 4 N–H and O–H groups in total. The maximum absolute atomic E-state index is 6.10. The van der Waals surface area contributed by atoms with E-state index in [0.717, 1.165) is 6.42 Å². The second kappa shape index (κ2) is 7.03. The average Bonchev–Trinajstić information content (AvgIpc) is 2.71. The average molecular weight is 359 g/mol. The van der Waals surface area contributed by atoms with E-state index in [1.807, 2.05) is 6.07 Å². The van der Waals surface area contributed by atoms with Crippen molar-refractivity contribution >= 4 is 39.5 Å². The molecule has 1 atom stereocenters. The highest BCUT2D eigenvalue weighted by Crippen LogP contribution is 2.29. The van der Waals surface area contributed by atoms with Crippen LogP contribution in [0.3, 0.4) is 0 Å². The minimum Gasteiger partial charge on any atom is -0.383 e. The Bertz CT molecular complexity index is 1100. The Kier molecular flexibility index (Phi) is 4.42. The van der Waals surface area contributed by atoms with E-state index < -0.39 is 0 Å². The van der Waals surface area contributed by atoms with Crippen molar-refractivity contribution in [3.63, 3.8) is 0 Å². The molecule has 0 saturated heterocycles. The third-order valence-electron chi connectivity index (χ3n) is 4.62. The van der Waals surface area contributed by atoms with Crippen molar-refractivity contribution in [2.75, 3.05) is 23.4 Å². The molecule has 1 unspecified atom stereocenters. The Hall–Kier alpha value is -3.48. The van der Waals surface area contributed by atoms with Crippen LogP contribution in [-0.2, 0) is 0 Å². The molecule has 136 valence electrons. The summed E-state index contributed by atoms with van der Waals surface area (Å²) in [7, 11) is 1.76. The Morgan fingerprint density at radius 3 is 2.56 bits per heavy atom. The summed E-state index contributed by atoms with van der Waals surface area (Å²) in [5.74, 6) is 1.31. The number of aromatic nitrogens is 4. The van der Waals surface area contributed by atoms with Gasteiger partial charge in [0, 0.05) is 13.2 Å². The second-order valence-corrected chi connectivity index (χ2v) is 6.29. The van der Waals surface area contributed by atoms with Crippen LogP contribution in [0.25, 0.3) is 21.8 Å². The Balaban J connectivity index is 1.75. The highest BCUT2D eigenvalue weighted by molar-refractivity contribution is 5.87. The maximum Gasteiger partial charge on any atom is 0.227 e. The van der Waals surface area contributed by atoms with Crippen molar-refractivity contribution in [3.05, 3.63) is 54.2 Å². The van der Waals surface area contributed by atoms with Crippen molar-refractivity contribution in [3.8, 4) is 0 Å². The molecule has 4 rings (SSSR count). The molecular formula is C20H21N7. The lowest BCUT2D eigenvalue weighted by atomic mass is 9.97. The second-order valence-electron chi connectivity index (χ2n) is 6.29. The lowest BCUT2D eigenvalue weighted by Gasteiger charge is -2.20. The number of fused-ring (bicyclic) bond motifs is 2. The number of hydrogen-bond acceptors (Lipinski definition) is 7. The summed E-state index contributed by atoms with van der Waals surface area (Å²) in [6, 6.07) is 14.7. The van der Waals surface area contributed by atoms with Crippen molar-refractivity contribution in [1.29, 1.82) is 0 Å². The van der Waals surface area contributed by atoms with E-state index in [9.17, 15) is 0 Å². The van der Waals surface area contributed by atoms with E-state index in [1.54, 1.807) is 13.2 Å². The van der Waals surface area contributed by atoms with E-state index in [0.29, 0.717) is 28.7 Å². The molecule has 7 nitrogen and oxygen atoms in total. The third kappa shape index (κ3) is 3.19. The number of anilines is 3. The van der Waals surface area contributed by atoms with E-state index in [-0.39, 0.29) is 6.04 Å². The topological polar surface area (TPSA) is 102 Å². The SMILES string of the molecule is CCC(Nc1nc(N)c2cnc(NC)nc2n1)c1cccc2ccccc12. The number of nitrogen functional groups attached to an aromatic ring is 1. The van der Waals surface area contributed by atoms with Crippen LogP contribution < -0.4 is 16.4 Å². The highest BCUT2D eigenvalue weighted by atomic mass is 15.2. The van der Waals surface area contributed by atoms with Gasteiger partial charge in [-0.15, -0.1) is 0 Å². The van der Waals surface area contributed by atoms with Gasteiger partial charge in [0.2, 0.25) is 11.9 Å². The maximum atomic E-state index is 6.10. The molecule has 0 aliphatic rings. The van der Waals surface area contributed by atoms with Gasteiger partial charge in [0.1, 0.15) is 5.82 Å². The van der Waals surface area contributed by atoms with Gasteiger partial charge in [-0.3, -0.25) is 0 Å². The summed E-state index contributed by atoms with van der Waals surface area (Å²) in [6.45, 7) is 2.13. The number of hydrogen-bond donors (Lipinski definition) is 3. The summed E-state index contributed by atoms with van der Waals surface area (Å²) >= 11 is 0. The molecule has 0 amide bonds. The molecule has 7 heteroatoms. The van der Waals surface area contributed by atoms with Gasteiger partial charge in [-0.1, -0.05) is 49.4 Å². The van der Waals surface area contributed by atoms with E-state index in [2.05, 4.69) is 73.9 Å². The van der Waals surface area contributed by atoms with Gasteiger partial charge in [0.15, 0.2) is 5.65 Å². The minimum atomic E-state index is 0.0542. The summed E-state index contributed by atoms with van der Waals surface area (Å²) in [4.78, 5) is 17.5. The first-order valence-corrected chi connectivity index (χ1v) is 8.91. The molecule has 2 heterocycles. The van der Waals surface area contributed by atoms with E-state index >= 15 is 0 Å². The lowest BCUT2D eigenvalue weighted by molar-refractivity contribution is 0.745. The van der Waals surface area contributed by atoms with Crippen LogP contribution in [0.1, 0.15) is 24.9 Å². The van der Waals surface area contributed by atoms with Crippen molar-refractivity contribution < 1.29 is 0 Å². The summed E-state index contributed by atoms with van der Waals surface area (Å²) < 4.78 is 0. The number of nitrogens with zero attached hydrogens (tertiary/aromatic N) is 4. The Morgan fingerprint density at radius 2 is 1.74 bits per heavy atom. The van der Waals surface area contributed by atoms with Crippen LogP contribution in [0, 0.1) is 0 Å². The number of nitrogens with one attached hydrogen (secondary N) is 2. The molecule has 0 fully saturated rings. The fourth-order valence-electron chi connectivity index (χ4n) is 3.23. The molecule has 27 heavy (non-hydrogen) atoms. The first-order valence-electron chi connectivity index (χ1n) is 8.91. The van der Waals surface area contributed by atoms with Crippen LogP contribution >= 0.6 is 0 Å². The lowest BCUT2D eigenvalue weighted by Crippen LogP contribution is -2.14. The van der Waals surface area contributed by atoms with Gasteiger partial charge in [0.25, 0.3) is 0 Å². The first-order chi connectivity index (χ1) is 13.2. The van der Waals surface area contributed by atoms with Crippen LogP contribution in [0.5, 0.6) is 0 Å². The summed E-state index contributed by atoms with van der Waals surface area (Å²) in [5, 5.41) is 9.40. The standard InChI is InChI=1S/C20H21N7/c1-3-16(14-10-6-8-12-7-4-5-9-13(12)14)24-20-25-17(21)15-11-23-19(22-2)26-18(15)27-20/h4-11,16H,3H2,1-2H3,(H4,21,22,23,24,25,26,27). The van der Waals surface area contributed by atoms with Gasteiger partial charge in [-0.2, -0.15) is 15.0 Å². The van der Waals surface area contributed by atoms with Crippen LogP contribution in [0.4, 0.5) is 17.7 Å². The summed E-state index contributed by atoms with van der Waals surface area (Å²) in [6.07, 6.45) is 2.51. The molecule has 0 radical (unpaired) electrons. The van der Waals surface area contributed by atoms with Crippen molar-refractivity contribution in [1.82, 2.24) is 19.9 Å². The van der Waals surface area contributed by atoms with Crippen LogP contribution in [-0.4, -0.2) is 27.0 Å². The largest absolute Gasteiger partial charge is 0.383 e. The molecule has 0 spiro atoms. The van der Waals surface area contributed by atoms with E-state index in [4.69, 9.17) is 5.73 Å². The quantitative estimate of drug-likeness (QED) is 0.498. The molecular weight excluding hydrogens is 338 g/mol. The smallest absolute Gasteiger partial charge is 0.227 e. The fourth-order valence-corrected chi connectivity index (χ4v) is 3.23. The molecule has 2 aromatic heterocycles. The highest BCUT2D eigenvalue weighted by Gasteiger charge is 2.15. The van der Waals surface area contributed by atoms with Gasteiger partial charge in [-0.25, -0.2) is 4.98 Å². The molecule has 0 aliphatic heterocycles. The van der Waals surface area contributed by atoms with Gasteiger partial charge >= 0.3 is 0 Å². The van der Waals surface area contributed by atoms with Crippen LogP contribution in [0.15, 0.2) is 48.7 Å². The zero-order chi connectivity index (χ0) is 18.8. The predicted molar refractivity (Wildman–Crippen MR) is 110 cm³/mol. The number of benzene rings is 2. The summed E-state index contributed by atoms with van der Waals surface area (Å²) in [5.41, 5.74) is 7.82. The van der Waals surface area contributed by atoms with E-state index in [1.165, 1.54) is 16.3 Å². The van der Waals surface area contributed by atoms with Gasteiger partial charge < -0.3 is 16.4 Å². The Labute approximate surface area is 157 Å².